The Kier molecular flexibility index (Phi) is 4.34. The minimum atomic E-state index is -0.400. The lowest BCUT2D eigenvalue weighted by atomic mass is 10.2. The molecule has 0 aliphatic heterocycles. The summed E-state index contributed by atoms with van der Waals surface area (Å²) in [6.07, 6.45) is 2.25. The van der Waals surface area contributed by atoms with Gasteiger partial charge in [-0.05, 0) is 37.9 Å². The number of nitrogens with one attached hydrogen (secondary N) is 1. The van der Waals surface area contributed by atoms with Gasteiger partial charge in [-0.25, -0.2) is 9.50 Å². The Balaban J connectivity index is 2.12. The van der Waals surface area contributed by atoms with Gasteiger partial charge >= 0.3 is 0 Å². The lowest BCUT2D eigenvalue weighted by molar-refractivity contribution is -0.111. The van der Waals surface area contributed by atoms with Gasteiger partial charge in [0.15, 0.2) is 5.65 Å². The molecule has 1 N–H and O–H groups in total. The zero-order chi connectivity index (χ0) is 14.7. The Morgan fingerprint density at radius 1 is 1.40 bits per heavy atom. The summed E-state index contributed by atoms with van der Waals surface area (Å²) in [5.41, 5.74) is 2.71. The summed E-state index contributed by atoms with van der Waals surface area (Å²) in [5, 5.41) is 6.48. The fourth-order valence-electron chi connectivity index (χ4n) is 1.96. The lowest BCUT2D eigenvalue weighted by Crippen LogP contribution is -2.24. The zero-order valence-electron chi connectivity index (χ0n) is 11.3. The highest BCUT2D eigenvalue weighted by Crippen LogP contribution is 2.11. The van der Waals surface area contributed by atoms with E-state index in [2.05, 4.69) is 15.4 Å². The highest BCUT2D eigenvalue weighted by molar-refractivity contribution is 6.63. The average molecular weight is 295 g/mol. The number of amides is 1. The van der Waals surface area contributed by atoms with E-state index in [4.69, 9.17) is 11.6 Å². The molecule has 0 spiro atoms. The molecule has 0 radical (unpaired) electrons. The van der Waals surface area contributed by atoms with Gasteiger partial charge in [-0.1, -0.05) is 0 Å². The Morgan fingerprint density at radius 2 is 2.15 bits per heavy atom. The summed E-state index contributed by atoms with van der Waals surface area (Å²) in [4.78, 5) is 27.0. The first kappa shape index (κ1) is 14.5. The Morgan fingerprint density at radius 3 is 2.85 bits per heavy atom. The number of hydrogen-bond donors (Lipinski definition) is 1. The van der Waals surface area contributed by atoms with Gasteiger partial charge in [0, 0.05) is 24.4 Å². The van der Waals surface area contributed by atoms with Crippen molar-refractivity contribution in [3.05, 3.63) is 29.2 Å². The molecular formula is C13H15ClN4O2. The number of nitrogens with zero attached hydrogens (tertiary/aromatic N) is 3. The molecule has 0 aliphatic rings. The molecule has 20 heavy (non-hydrogen) atoms. The van der Waals surface area contributed by atoms with Gasteiger partial charge in [0.2, 0.25) is 5.24 Å². The van der Waals surface area contributed by atoms with E-state index < -0.39 is 5.24 Å². The predicted octanol–water partition coefficient (Wildman–Crippen LogP) is 1.62. The van der Waals surface area contributed by atoms with Crippen molar-refractivity contribution >= 4 is 28.4 Å². The second-order valence-electron chi connectivity index (χ2n) is 4.55. The van der Waals surface area contributed by atoms with Gasteiger partial charge in [-0.3, -0.25) is 9.59 Å². The van der Waals surface area contributed by atoms with Crippen molar-refractivity contribution < 1.29 is 9.59 Å². The second-order valence-corrected chi connectivity index (χ2v) is 4.97. The van der Waals surface area contributed by atoms with E-state index in [1.54, 1.807) is 4.52 Å². The number of aromatic nitrogens is 3. The standard InChI is InChI=1S/C13H15ClN4O2/c1-8-6-9(2)18-12(17-8)10(7-16-18)13(20)15-5-3-4-11(14)19/h6-7H,3-5H2,1-2H3,(H,15,20). The minimum absolute atomic E-state index is 0.243. The van der Waals surface area contributed by atoms with E-state index >= 15 is 0 Å². The van der Waals surface area contributed by atoms with E-state index in [0.29, 0.717) is 24.2 Å². The molecule has 2 heterocycles. The van der Waals surface area contributed by atoms with Crippen LogP contribution in [0.3, 0.4) is 0 Å². The highest BCUT2D eigenvalue weighted by atomic mass is 35.5. The molecular weight excluding hydrogens is 280 g/mol. The molecule has 0 saturated carbocycles. The van der Waals surface area contributed by atoms with Crippen molar-refractivity contribution in [3.63, 3.8) is 0 Å². The van der Waals surface area contributed by atoms with Crippen LogP contribution < -0.4 is 5.32 Å². The molecule has 2 aromatic heterocycles. The van der Waals surface area contributed by atoms with Crippen LogP contribution in [0.4, 0.5) is 0 Å². The average Bonchev–Trinajstić information content (AvgIpc) is 2.78. The number of carbonyl (C=O) groups excluding carboxylic acids is 2. The van der Waals surface area contributed by atoms with E-state index in [0.717, 1.165) is 11.4 Å². The fraction of sp³-hybridized carbons (Fsp3) is 0.385. The maximum absolute atomic E-state index is 12.1. The third-order valence-corrected chi connectivity index (χ3v) is 3.05. The second kappa shape index (κ2) is 6.00. The van der Waals surface area contributed by atoms with E-state index in [1.807, 2.05) is 19.9 Å². The van der Waals surface area contributed by atoms with Crippen molar-refractivity contribution in [2.24, 2.45) is 0 Å². The Hall–Kier alpha value is -1.95. The summed E-state index contributed by atoms with van der Waals surface area (Å²) in [7, 11) is 0. The third kappa shape index (κ3) is 3.14. The van der Waals surface area contributed by atoms with Crippen LogP contribution >= 0.6 is 11.6 Å². The zero-order valence-corrected chi connectivity index (χ0v) is 12.1. The van der Waals surface area contributed by atoms with Gasteiger partial charge in [-0.2, -0.15) is 5.10 Å². The van der Waals surface area contributed by atoms with Crippen LogP contribution in [-0.2, 0) is 4.79 Å². The first-order valence-electron chi connectivity index (χ1n) is 6.27. The quantitative estimate of drug-likeness (QED) is 0.671. The molecule has 0 fully saturated rings. The number of aryl methyl sites for hydroxylation is 2. The Bertz CT molecular complexity index is 666. The molecule has 0 saturated heterocycles. The SMILES string of the molecule is Cc1cc(C)n2ncc(C(=O)NCCCC(=O)Cl)c2n1. The molecule has 0 aromatic carbocycles. The van der Waals surface area contributed by atoms with E-state index in [9.17, 15) is 9.59 Å². The summed E-state index contributed by atoms with van der Waals surface area (Å²) < 4.78 is 1.63. The predicted molar refractivity (Wildman–Crippen MR) is 74.9 cm³/mol. The van der Waals surface area contributed by atoms with Gasteiger partial charge in [0.05, 0.1) is 6.20 Å². The van der Waals surface area contributed by atoms with Crippen LogP contribution in [-0.4, -0.2) is 32.3 Å². The first-order valence-corrected chi connectivity index (χ1v) is 6.65. The van der Waals surface area contributed by atoms with Crippen molar-refractivity contribution in [1.29, 1.82) is 0 Å². The molecule has 0 atom stereocenters. The summed E-state index contributed by atoms with van der Waals surface area (Å²) in [6, 6.07) is 1.90. The van der Waals surface area contributed by atoms with Crippen LogP contribution in [0, 0.1) is 13.8 Å². The number of halogens is 1. The molecule has 2 aromatic rings. The monoisotopic (exact) mass is 294 g/mol. The van der Waals surface area contributed by atoms with Crippen LogP contribution in [0.25, 0.3) is 5.65 Å². The maximum Gasteiger partial charge on any atom is 0.256 e. The Labute approximate surface area is 121 Å². The molecule has 0 bridgehead atoms. The highest BCUT2D eigenvalue weighted by Gasteiger charge is 2.14. The van der Waals surface area contributed by atoms with Crippen LogP contribution in [0.15, 0.2) is 12.3 Å². The largest absolute Gasteiger partial charge is 0.352 e. The summed E-state index contributed by atoms with van der Waals surface area (Å²) >= 11 is 5.23. The van der Waals surface area contributed by atoms with Crippen molar-refractivity contribution in [2.45, 2.75) is 26.7 Å². The molecule has 0 aliphatic carbocycles. The van der Waals surface area contributed by atoms with E-state index in [1.165, 1.54) is 6.20 Å². The van der Waals surface area contributed by atoms with Gasteiger partial charge < -0.3 is 5.32 Å². The molecule has 2 rings (SSSR count). The van der Waals surface area contributed by atoms with E-state index in [-0.39, 0.29) is 12.3 Å². The smallest absolute Gasteiger partial charge is 0.256 e. The lowest BCUT2D eigenvalue weighted by Gasteiger charge is -2.04. The number of hydrogen-bond acceptors (Lipinski definition) is 4. The summed E-state index contributed by atoms with van der Waals surface area (Å²) in [5.74, 6) is -0.250. The number of carbonyl (C=O) groups is 2. The fourth-order valence-corrected chi connectivity index (χ4v) is 2.09. The first-order chi connectivity index (χ1) is 9.49. The minimum Gasteiger partial charge on any atom is -0.352 e. The van der Waals surface area contributed by atoms with Gasteiger partial charge in [-0.15, -0.1) is 0 Å². The third-order valence-electron chi connectivity index (χ3n) is 2.86. The molecule has 1 amide bonds. The topological polar surface area (TPSA) is 76.4 Å². The molecule has 6 nitrogen and oxygen atoms in total. The van der Waals surface area contributed by atoms with Gasteiger partial charge in [0.25, 0.3) is 5.91 Å². The van der Waals surface area contributed by atoms with Crippen LogP contribution in [0.1, 0.15) is 34.6 Å². The van der Waals surface area contributed by atoms with Crippen molar-refractivity contribution in [1.82, 2.24) is 19.9 Å². The van der Waals surface area contributed by atoms with Crippen molar-refractivity contribution in [2.75, 3.05) is 6.54 Å². The molecule has 7 heteroatoms. The van der Waals surface area contributed by atoms with Crippen LogP contribution in [0.5, 0.6) is 0 Å². The summed E-state index contributed by atoms with van der Waals surface area (Å²) in [6.45, 7) is 4.16. The number of rotatable bonds is 5. The normalized spacial score (nSPS) is 10.8. The number of fused-ring (bicyclic) bond motifs is 1. The van der Waals surface area contributed by atoms with Crippen molar-refractivity contribution in [3.8, 4) is 0 Å². The van der Waals surface area contributed by atoms with Crippen LogP contribution in [0.2, 0.25) is 0 Å². The molecule has 106 valence electrons. The maximum atomic E-state index is 12.1. The molecule has 0 unspecified atom stereocenters. The van der Waals surface area contributed by atoms with Gasteiger partial charge in [0.1, 0.15) is 5.56 Å².